The Hall–Kier alpha value is -3.66. The standard InChI is InChI=1S/C28H30ClN7O2/c29-22-7-5-21(6-8-22)28(38)11-14-34(15-12-28)24-2-1-13-36-25(24)32-27(33-36)31-23-9-3-20(4-10-23)26(37)35-17-19(16-30)18-35/h1-10,13,19,38H,11-12,14-18,30H2,(H,31,33). The minimum absolute atomic E-state index is 0.0289. The van der Waals surface area contributed by atoms with Crippen LogP contribution in [0.5, 0.6) is 0 Å². The number of nitrogens with two attached hydrogens (primary N) is 1. The number of likely N-dealkylation sites (tertiary alicyclic amines) is 1. The number of hydrogen-bond acceptors (Lipinski definition) is 7. The van der Waals surface area contributed by atoms with E-state index in [2.05, 4.69) is 15.3 Å². The summed E-state index contributed by atoms with van der Waals surface area (Å²) in [5.41, 5.74) is 8.85. The number of hydrogen-bond donors (Lipinski definition) is 3. The minimum Gasteiger partial charge on any atom is -0.385 e. The van der Waals surface area contributed by atoms with Crippen LogP contribution in [0.1, 0.15) is 28.8 Å². The zero-order chi connectivity index (χ0) is 26.3. The smallest absolute Gasteiger partial charge is 0.253 e. The van der Waals surface area contributed by atoms with Crippen molar-refractivity contribution in [3.63, 3.8) is 0 Å². The van der Waals surface area contributed by atoms with Gasteiger partial charge in [0, 0.05) is 54.6 Å². The predicted molar refractivity (Wildman–Crippen MR) is 148 cm³/mol. The zero-order valence-electron chi connectivity index (χ0n) is 20.9. The molecule has 2 aromatic carbocycles. The second-order valence-electron chi connectivity index (χ2n) is 10.1. The molecule has 0 aliphatic carbocycles. The molecule has 1 amide bonds. The van der Waals surface area contributed by atoms with Crippen LogP contribution in [0, 0.1) is 5.92 Å². The fourth-order valence-electron chi connectivity index (χ4n) is 5.25. The van der Waals surface area contributed by atoms with E-state index in [9.17, 15) is 9.90 Å². The molecule has 2 fully saturated rings. The van der Waals surface area contributed by atoms with Crippen LogP contribution in [0.25, 0.3) is 5.65 Å². The summed E-state index contributed by atoms with van der Waals surface area (Å²) in [4.78, 5) is 21.4. The number of aliphatic hydroxyl groups is 1. The maximum atomic E-state index is 12.6. The molecular formula is C28H30ClN7O2. The Morgan fingerprint density at radius 3 is 2.47 bits per heavy atom. The van der Waals surface area contributed by atoms with Crippen molar-refractivity contribution < 1.29 is 9.90 Å². The van der Waals surface area contributed by atoms with E-state index in [0.717, 1.165) is 35.7 Å². The first kappa shape index (κ1) is 24.7. The van der Waals surface area contributed by atoms with Crippen molar-refractivity contribution in [1.29, 1.82) is 0 Å². The SMILES string of the molecule is NCC1CN(C(=O)c2ccc(Nc3nc4c(N5CCC(O)(c6ccc(Cl)cc6)CC5)cccn4n3)cc2)C1. The Labute approximate surface area is 225 Å². The molecule has 2 aromatic heterocycles. The molecule has 2 aliphatic heterocycles. The minimum atomic E-state index is -0.873. The molecule has 0 spiro atoms. The van der Waals surface area contributed by atoms with E-state index in [-0.39, 0.29) is 5.91 Å². The number of pyridine rings is 1. The molecule has 0 atom stereocenters. The van der Waals surface area contributed by atoms with Crippen LogP contribution >= 0.6 is 11.6 Å². The van der Waals surface area contributed by atoms with Crippen LogP contribution in [0.4, 0.5) is 17.3 Å². The Kier molecular flexibility index (Phi) is 6.43. The fourth-order valence-corrected chi connectivity index (χ4v) is 5.38. The summed E-state index contributed by atoms with van der Waals surface area (Å²) in [5.74, 6) is 0.909. The average molecular weight is 532 g/mol. The molecule has 4 aromatic rings. The van der Waals surface area contributed by atoms with Gasteiger partial charge in [0.1, 0.15) is 0 Å². The summed E-state index contributed by atoms with van der Waals surface area (Å²) in [5, 5.41) is 19.8. The van der Waals surface area contributed by atoms with Gasteiger partial charge in [0.25, 0.3) is 5.91 Å². The maximum Gasteiger partial charge on any atom is 0.253 e. The van der Waals surface area contributed by atoms with Gasteiger partial charge in [-0.05, 0) is 73.5 Å². The Morgan fingerprint density at radius 2 is 1.79 bits per heavy atom. The molecule has 0 bridgehead atoms. The lowest BCUT2D eigenvalue weighted by Gasteiger charge is -2.39. The van der Waals surface area contributed by atoms with Gasteiger partial charge in [-0.3, -0.25) is 4.79 Å². The molecule has 2 saturated heterocycles. The van der Waals surface area contributed by atoms with Gasteiger partial charge in [0.2, 0.25) is 5.95 Å². The third-order valence-electron chi connectivity index (χ3n) is 7.62. The van der Waals surface area contributed by atoms with Crippen molar-refractivity contribution in [2.75, 3.05) is 42.9 Å². The molecule has 38 heavy (non-hydrogen) atoms. The van der Waals surface area contributed by atoms with E-state index >= 15 is 0 Å². The number of rotatable bonds is 6. The monoisotopic (exact) mass is 531 g/mol. The first-order valence-corrected chi connectivity index (χ1v) is 13.2. The molecule has 4 N–H and O–H groups in total. The van der Waals surface area contributed by atoms with Gasteiger partial charge >= 0.3 is 0 Å². The number of benzene rings is 2. The largest absolute Gasteiger partial charge is 0.385 e. The number of fused-ring (bicyclic) bond motifs is 1. The number of nitrogens with one attached hydrogen (secondary N) is 1. The van der Waals surface area contributed by atoms with Gasteiger partial charge in [0.15, 0.2) is 5.65 Å². The number of nitrogens with zero attached hydrogens (tertiary/aromatic N) is 5. The third-order valence-corrected chi connectivity index (χ3v) is 7.87. The van der Waals surface area contributed by atoms with Gasteiger partial charge in [-0.25, -0.2) is 4.52 Å². The molecule has 4 heterocycles. The molecule has 0 radical (unpaired) electrons. The van der Waals surface area contributed by atoms with E-state index < -0.39 is 5.60 Å². The van der Waals surface area contributed by atoms with Crippen molar-refractivity contribution in [3.8, 4) is 0 Å². The first-order valence-electron chi connectivity index (χ1n) is 12.9. The topological polar surface area (TPSA) is 112 Å². The van der Waals surface area contributed by atoms with Gasteiger partial charge in [0.05, 0.1) is 11.3 Å². The summed E-state index contributed by atoms with van der Waals surface area (Å²) < 4.78 is 1.76. The second kappa shape index (κ2) is 9.90. The van der Waals surface area contributed by atoms with Crippen LogP contribution < -0.4 is 16.0 Å². The number of anilines is 3. The van der Waals surface area contributed by atoms with Crippen molar-refractivity contribution in [2.24, 2.45) is 11.7 Å². The van der Waals surface area contributed by atoms with Gasteiger partial charge in [-0.2, -0.15) is 4.98 Å². The molecule has 10 heteroatoms. The number of amides is 1. The summed E-state index contributed by atoms with van der Waals surface area (Å²) in [6, 6.07) is 18.8. The van der Waals surface area contributed by atoms with E-state index in [1.165, 1.54) is 0 Å². The molecule has 0 unspecified atom stereocenters. The summed E-state index contributed by atoms with van der Waals surface area (Å²) >= 11 is 6.03. The lowest BCUT2D eigenvalue weighted by atomic mass is 9.84. The summed E-state index contributed by atoms with van der Waals surface area (Å²) in [7, 11) is 0. The molecule has 9 nitrogen and oxygen atoms in total. The number of aromatic nitrogens is 3. The third kappa shape index (κ3) is 4.69. The predicted octanol–water partition coefficient (Wildman–Crippen LogP) is 3.65. The van der Waals surface area contributed by atoms with Gasteiger partial charge in [-0.1, -0.05) is 23.7 Å². The maximum absolute atomic E-state index is 12.6. The van der Waals surface area contributed by atoms with Crippen molar-refractivity contribution in [3.05, 3.63) is 83.0 Å². The highest BCUT2D eigenvalue weighted by Crippen LogP contribution is 2.36. The zero-order valence-corrected chi connectivity index (χ0v) is 21.7. The lowest BCUT2D eigenvalue weighted by Crippen LogP contribution is -2.52. The van der Waals surface area contributed by atoms with E-state index in [1.54, 1.807) is 4.52 Å². The van der Waals surface area contributed by atoms with Gasteiger partial charge in [-0.15, -0.1) is 5.10 Å². The van der Waals surface area contributed by atoms with E-state index in [4.69, 9.17) is 22.3 Å². The Balaban J connectivity index is 1.14. The molecular weight excluding hydrogens is 502 g/mol. The second-order valence-corrected chi connectivity index (χ2v) is 10.6. The highest BCUT2D eigenvalue weighted by Gasteiger charge is 2.35. The normalized spacial score (nSPS) is 17.4. The molecule has 0 saturated carbocycles. The molecule has 196 valence electrons. The van der Waals surface area contributed by atoms with Crippen LogP contribution in [-0.4, -0.2) is 63.2 Å². The number of halogens is 1. The number of piperidine rings is 1. The lowest BCUT2D eigenvalue weighted by molar-refractivity contribution is 0.0118. The number of carbonyl (C=O) groups is 1. The summed E-state index contributed by atoms with van der Waals surface area (Å²) in [6.45, 7) is 3.43. The van der Waals surface area contributed by atoms with Crippen LogP contribution in [0.15, 0.2) is 66.9 Å². The van der Waals surface area contributed by atoms with E-state index in [0.29, 0.717) is 54.9 Å². The van der Waals surface area contributed by atoms with Crippen molar-refractivity contribution in [1.82, 2.24) is 19.5 Å². The molecule has 2 aliphatic rings. The highest BCUT2D eigenvalue weighted by atomic mass is 35.5. The van der Waals surface area contributed by atoms with E-state index in [1.807, 2.05) is 71.8 Å². The fraction of sp³-hybridized carbons (Fsp3) is 0.321. The first-order chi connectivity index (χ1) is 18.4. The average Bonchev–Trinajstić information content (AvgIpc) is 3.32. The van der Waals surface area contributed by atoms with Crippen LogP contribution in [0.3, 0.4) is 0 Å². The Bertz CT molecular complexity index is 1440. The summed E-state index contributed by atoms with van der Waals surface area (Å²) in [6.07, 6.45) is 3.07. The quantitative estimate of drug-likeness (QED) is 0.348. The van der Waals surface area contributed by atoms with Crippen LogP contribution in [-0.2, 0) is 5.60 Å². The Morgan fingerprint density at radius 1 is 1.08 bits per heavy atom. The number of carbonyl (C=O) groups excluding carboxylic acids is 1. The molecule has 6 rings (SSSR count). The van der Waals surface area contributed by atoms with Gasteiger partial charge < -0.3 is 26.0 Å². The van der Waals surface area contributed by atoms with Crippen LogP contribution in [0.2, 0.25) is 5.02 Å². The highest BCUT2D eigenvalue weighted by molar-refractivity contribution is 6.30. The van der Waals surface area contributed by atoms with Crippen molar-refractivity contribution in [2.45, 2.75) is 18.4 Å². The van der Waals surface area contributed by atoms with Crippen molar-refractivity contribution >= 4 is 40.5 Å².